The Morgan fingerprint density at radius 1 is 1.30 bits per heavy atom. The van der Waals surface area contributed by atoms with E-state index in [1.807, 2.05) is 13.8 Å². The van der Waals surface area contributed by atoms with Crippen molar-refractivity contribution < 1.29 is 18.3 Å². The third-order valence-corrected chi connectivity index (χ3v) is 4.70. The van der Waals surface area contributed by atoms with Gasteiger partial charge in [-0.25, -0.2) is 8.42 Å². The molecule has 0 bridgehead atoms. The first-order valence-corrected chi connectivity index (χ1v) is 8.19. The third-order valence-electron chi connectivity index (χ3n) is 2.68. The zero-order valence-electron chi connectivity index (χ0n) is 11.4. The average Bonchev–Trinajstić information content (AvgIpc) is 2.35. The van der Waals surface area contributed by atoms with E-state index in [1.165, 1.54) is 24.3 Å². The Labute approximate surface area is 124 Å². The Morgan fingerprint density at radius 3 is 2.30 bits per heavy atom. The van der Waals surface area contributed by atoms with Gasteiger partial charge in [0.25, 0.3) is 0 Å². The highest BCUT2D eigenvalue weighted by atomic mass is 35.5. The molecule has 7 heteroatoms. The Hall–Kier alpha value is -1.27. The molecule has 0 aromatic heterocycles. The summed E-state index contributed by atoms with van der Waals surface area (Å²) >= 11 is 5.75. The number of benzene rings is 1. The molecule has 0 fully saturated rings. The van der Waals surface area contributed by atoms with Gasteiger partial charge in [-0.3, -0.25) is 9.10 Å². The van der Waals surface area contributed by atoms with Gasteiger partial charge in [-0.05, 0) is 36.6 Å². The van der Waals surface area contributed by atoms with Crippen molar-refractivity contribution in [3.8, 4) is 0 Å². The molecule has 20 heavy (non-hydrogen) atoms. The first-order valence-electron chi connectivity index (χ1n) is 6.20. The number of anilines is 1. The molecular weight excluding hydrogens is 302 g/mol. The molecule has 0 aliphatic carbocycles. The molecule has 0 radical (unpaired) electrons. The molecule has 1 aromatic carbocycles. The van der Waals surface area contributed by atoms with Crippen LogP contribution < -0.4 is 4.31 Å². The van der Waals surface area contributed by atoms with E-state index in [9.17, 15) is 13.2 Å². The molecule has 0 saturated carbocycles. The minimum Gasteiger partial charge on any atom is -0.480 e. The minimum absolute atomic E-state index is 0.0828. The van der Waals surface area contributed by atoms with Gasteiger partial charge < -0.3 is 5.11 Å². The van der Waals surface area contributed by atoms with Crippen LogP contribution in [0.2, 0.25) is 5.02 Å². The Kier molecular flexibility index (Phi) is 5.83. The summed E-state index contributed by atoms with van der Waals surface area (Å²) in [5.41, 5.74) is 0.306. The highest BCUT2D eigenvalue weighted by Gasteiger charge is 2.24. The van der Waals surface area contributed by atoms with Gasteiger partial charge in [-0.1, -0.05) is 25.4 Å². The van der Waals surface area contributed by atoms with Gasteiger partial charge in [0.1, 0.15) is 6.54 Å². The fourth-order valence-corrected chi connectivity index (χ4v) is 3.44. The second kappa shape index (κ2) is 6.95. The average molecular weight is 320 g/mol. The van der Waals surface area contributed by atoms with Gasteiger partial charge in [-0.15, -0.1) is 0 Å². The zero-order chi connectivity index (χ0) is 15.3. The maximum atomic E-state index is 12.3. The van der Waals surface area contributed by atoms with E-state index in [1.54, 1.807) is 0 Å². The topological polar surface area (TPSA) is 74.7 Å². The summed E-state index contributed by atoms with van der Waals surface area (Å²) in [4.78, 5) is 10.9. The van der Waals surface area contributed by atoms with Crippen molar-refractivity contribution in [2.75, 3.05) is 16.6 Å². The van der Waals surface area contributed by atoms with E-state index in [2.05, 4.69) is 0 Å². The number of hydrogen-bond acceptors (Lipinski definition) is 3. The lowest BCUT2D eigenvalue weighted by atomic mass is 10.2. The summed E-state index contributed by atoms with van der Waals surface area (Å²) in [5, 5.41) is 9.37. The third kappa shape index (κ3) is 5.02. The number of hydrogen-bond donors (Lipinski definition) is 1. The van der Waals surface area contributed by atoms with Crippen molar-refractivity contribution in [2.24, 2.45) is 5.92 Å². The van der Waals surface area contributed by atoms with Crippen molar-refractivity contribution in [1.82, 2.24) is 0 Å². The molecule has 0 heterocycles. The van der Waals surface area contributed by atoms with Gasteiger partial charge in [0.15, 0.2) is 0 Å². The molecule has 0 atom stereocenters. The SMILES string of the molecule is CC(C)CCS(=O)(=O)N(CC(=O)O)c1ccc(Cl)cc1. The van der Waals surface area contributed by atoms with Gasteiger partial charge in [0.2, 0.25) is 10.0 Å². The normalized spacial score (nSPS) is 11.6. The van der Waals surface area contributed by atoms with Crippen LogP contribution in [-0.2, 0) is 14.8 Å². The van der Waals surface area contributed by atoms with Crippen LogP contribution in [0.25, 0.3) is 0 Å². The number of aliphatic carboxylic acids is 1. The second-order valence-corrected chi connectivity index (χ2v) is 7.32. The molecule has 1 aromatic rings. The highest BCUT2D eigenvalue weighted by molar-refractivity contribution is 7.92. The van der Waals surface area contributed by atoms with Gasteiger partial charge in [0, 0.05) is 5.02 Å². The standard InChI is InChI=1S/C13H18ClNO4S/c1-10(2)7-8-20(18,19)15(9-13(16)17)12-5-3-11(14)4-6-12/h3-6,10H,7-9H2,1-2H3,(H,16,17). The first kappa shape index (κ1) is 16.8. The lowest BCUT2D eigenvalue weighted by molar-refractivity contribution is -0.135. The van der Waals surface area contributed by atoms with Gasteiger partial charge in [-0.2, -0.15) is 0 Å². The summed E-state index contributed by atoms with van der Waals surface area (Å²) < 4.78 is 25.5. The van der Waals surface area contributed by atoms with Crippen LogP contribution in [0.4, 0.5) is 5.69 Å². The quantitative estimate of drug-likeness (QED) is 0.838. The van der Waals surface area contributed by atoms with E-state index in [0.29, 0.717) is 17.1 Å². The van der Waals surface area contributed by atoms with Crippen LogP contribution in [0, 0.1) is 5.92 Å². The predicted octanol–water partition coefficient (Wildman–Crippen LogP) is 2.61. The van der Waals surface area contributed by atoms with Gasteiger partial charge in [0.05, 0.1) is 11.4 Å². The number of carboxylic acid groups (broad SMARTS) is 1. The molecule has 0 amide bonds. The summed E-state index contributed by atoms with van der Waals surface area (Å²) in [6, 6.07) is 6.06. The number of carboxylic acids is 1. The van der Waals surface area contributed by atoms with Crippen LogP contribution in [-0.4, -0.2) is 31.8 Å². The van der Waals surface area contributed by atoms with Crippen molar-refractivity contribution in [3.63, 3.8) is 0 Å². The maximum absolute atomic E-state index is 12.3. The number of carbonyl (C=O) groups is 1. The zero-order valence-corrected chi connectivity index (χ0v) is 13.0. The van der Waals surface area contributed by atoms with Gasteiger partial charge >= 0.3 is 5.97 Å². The lowest BCUT2D eigenvalue weighted by Crippen LogP contribution is -2.37. The number of halogens is 1. The molecule has 1 N–H and O–H groups in total. The molecular formula is C13H18ClNO4S. The Bertz CT molecular complexity index is 554. The van der Waals surface area contributed by atoms with Crippen molar-refractivity contribution in [2.45, 2.75) is 20.3 Å². The monoisotopic (exact) mass is 319 g/mol. The Balaban J connectivity index is 3.05. The smallest absolute Gasteiger partial charge is 0.324 e. The molecule has 1 rings (SSSR count). The Morgan fingerprint density at radius 2 is 1.85 bits per heavy atom. The second-order valence-electron chi connectivity index (χ2n) is 4.88. The summed E-state index contributed by atoms with van der Waals surface area (Å²) in [6.45, 7) is 3.24. The highest BCUT2D eigenvalue weighted by Crippen LogP contribution is 2.22. The van der Waals surface area contributed by atoms with Crippen LogP contribution in [0.15, 0.2) is 24.3 Å². The predicted molar refractivity (Wildman–Crippen MR) is 79.7 cm³/mol. The maximum Gasteiger partial charge on any atom is 0.324 e. The summed E-state index contributed by atoms with van der Waals surface area (Å²) in [6.07, 6.45) is 0.478. The van der Waals surface area contributed by atoms with Crippen LogP contribution >= 0.6 is 11.6 Å². The molecule has 5 nitrogen and oxygen atoms in total. The first-order chi connectivity index (χ1) is 9.22. The fraction of sp³-hybridized carbons (Fsp3) is 0.462. The molecule has 0 saturated heterocycles. The van der Waals surface area contributed by atoms with Crippen LogP contribution in [0.5, 0.6) is 0 Å². The lowest BCUT2D eigenvalue weighted by Gasteiger charge is -2.23. The van der Waals surface area contributed by atoms with Crippen molar-refractivity contribution in [1.29, 1.82) is 0 Å². The molecule has 0 unspecified atom stereocenters. The molecule has 0 aliphatic heterocycles. The number of rotatable bonds is 7. The summed E-state index contributed by atoms with van der Waals surface area (Å²) in [5.74, 6) is -1.06. The van der Waals surface area contributed by atoms with E-state index in [-0.39, 0.29) is 11.7 Å². The molecule has 0 aliphatic rings. The van der Waals surface area contributed by atoms with Crippen molar-refractivity contribution >= 4 is 33.3 Å². The van der Waals surface area contributed by atoms with E-state index < -0.39 is 22.5 Å². The minimum atomic E-state index is -3.67. The van der Waals surface area contributed by atoms with E-state index >= 15 is 0 Å². The number of nitrogens with zero attached hydrogens (tertiary/aromatic N) is 1. The number of sulfonamides is 1. The molecule has 0 spiro atoms. The summed E-state index contributed by atoms with van der Waals surface area (Å²) in [7, 11) is -3.67. The van der Waals surface area contributed by atoms with E-state index in [0.717, 1.165) is 4.31 Å². The fourth-order valence-electron chi connectivity index (χ4n) is 1.58. The largest absolute Gasteiger partial charge is 0.480 e. The van der Waals surface area contributed by atoms with Crippen molar-refractivity contribution in [3.05, 3.63) is 29.3 Å². The molecule has 112 valence electrons. The van der Waals surface area contributed by atoms with E-state index in [4.69, 9.17) is 16.7 Å². The van der Waals surface area contributed by atoms with Crippen LogP contribution in [0.1, 0.15) is 20.3 Å². The van der Waals surface area contributed by atoms with Crippen LogP contribution in [0.3, 0.4) is 0 Å².